The van der Waals surface area contributed by atoms with Gasteiger partial charge in [-0.25, -0.2) is 0 Å². The zero-order valence-electron chi connectivity index (χ0n) is 10.5. The summed E-state index contributed by atoms with van der Waals surface area (Å²) in [4.78, 5) is 4.45. The largest absolute Gasteiger partial charge is 0.304 e. The molecule has 0 saturated heterocycles. The number of hydrogen-bond donors (Lipinski definition) is 1. The molecule has 2 rings (SSSR count). The standard InChI is InChI=1S/C13H18N4/c1-4-14-13(12-6-8-16-17(12)3)11-9-10(2)5-7-15-11/h5-9,13-14H,4H2,1-3H3. The summed E-state index contributed by atoms with van der Waals surface area (Å²) in [5.41, 5.74) is 3.39. The van der Waals surface area contributed by atoms with Gasteiger partial charge in [0.05, 0.1) is 17.4 Å². The quantitative estimate of drug-likeness (QED) is 0.871. The normalized spacial score (nSPS) is 12.6. The fourth-order valence-electron chi connectivity index (χ4n) is 1.95. The van der Waals surface area contributed by atoms with Crippen LogP contribution in [0, 0.1) is 6.92 Å². The van der Waals surface area contributed by atoms with Crippen molar-refractivity contribution in [2.24, 2.45) is 7.05 Å². The van der Waals surface area contributed by atoms with E-state index in [1.165, 1.54) is 5.56 Å². The molecular formula is C13H18N4. The lowest BCUT2D eigenvalue weighted by Crippen LogP contribution is -2.25. The average Bonchev–Trinajstić information content (AvgIpc) is 2.72. The predicted octanol–water partition coefficient (Wildman–Crippen LogP) is 1.82. The van der Waals surface area contributed by atoms with Crippen molar-refractivity contribution < 1.29 is 0 Å². The van der Waals surface area contributed by atoms with E-state index < -0.39 is 0 Å². The van der Waals surface area contributed by atoms with Crippen molar-refractivity contribution in [1.82, 2.24) is 20.1 Å². The molecule has 2 heterocycles. The molecule has 2 aromatic heterocycles. The third kappa shape index (κ3) is 2.53. The number of pyridine rings is 1. The van der Waals surface area contributed by atoms with Gasteiger partial charge in [-0.15, -0.1) is 0 Å². The summed E-state index contributed by atoms with van der Waals surface area (Å²) in [5, 5.41) is 7.66. The van der Waals surface area contributed by atoms with Crippen LogP contribution in [0.5, 0.6) is 0 Å². The molecule has 0 aliphatic carbocycles. The van der Waals surface area contributed by atoms with Crippen LogP contribution in [0.25, 0.3) is 0 Å². The number of hydrogen-bond acceptors (Lipinski definition) is 3. The summed E-state index contributed by atoms with van der Waals surface area (Å²) in [5.74, 6) is 0. The summed E-state index contributed by atoms with van der Waals surface area (Å²) in [7, 11) is 1.95. The SMILES string of the molecule is CCNC(c1cc(C)ccn1)c1ccnn1C. The molecule has 17 heavy (non-hydrogen) atoms. The van der Waals surface area contributed by atoms with E-state index in [-0.39, 0.29) is 6.04 Å². The molecule has 0 fully saturated rings. The van der Waals surface area contributed by atoms with Crippen molar-refractivity contribution in [3.05, 3.63) is 47.5 Å². The summed E-state index contributed by atoms with van der Waals surface area (Å²) in [6.45, 7) is 5.07. The highest BCUT2D eigenvalue weighted by molar-refractivity contribution is 5.24. The first-order valence-electron chi connectivity index (χ1n) is 5.86. The van der Waals surface area contributed by atoms with Crippen LogP contribution in [0.4, 0.5) is 0 Å². The van der Waals surface area contributed by atoms with Crippen molar-refractivity contribution in [3.63, 3.8) is 0 Å². The summed E-state index contributed by atoms with van der Waals surface area (Å²) >= 11 is 0. The molecule has 0 aliphatic heterocycles. The van der Waals surface area contributed by atoms with Gasteiger partial charge in [0.2, 0.25) is 0 Å². The van der Waals surface area contributed by atoms with Gasteiger partial charge in [0.1, 0.15) is 0 Å². The molecule has 1 N–H and O–H groups in total. The topological polar surface area (TPSA) is 42.7 Å². The lowest BCUT2D eigenvalue weighted by molar-refractivity contribution is 0.561. The summed E-state index contributed by atoms with van der Waals surface area (Å²) < 4.78 is 1.89. The highest BCUT2D eigenvalue weighted by atomic mass is 15.3. The Bertz CT molecular complexity index is 490. The van der Waals surface area contributed by atoms with E-state index in [0.29, 0.717) is 0 Å². The maximum Gasteiger partial charge on any atom is 0.0921 e. The molecule has 0 radical (unpaired) electrons. The second-order valence-electron chi connectivity index (χ2n) is 4.13. The maximum absolute atomic E-state index is 4.45. The Hall–Kier alpha value is -1.68. The molecule has 0 saturated carbocycles. The Morgan fingerprint density at radius 2 is 2.18 bits per heavy atom. The van der Waals surface area contributed by atoms with Gasteiger partial charge in [-0.1, -0.05) is 6.92 Å². The predicted molar refractivity (Wildman–Crippen MR) is 67.7 cm³/mol. The van der Waals surface area contributed by atoms with E-state index in [4.69, 9.17) is 0 Å². The second kappa shape index (κ2) is 5.10. The molecule has 0 aliphatic rings. The first-order valence-corrected chi connectivity index (χ1v) is 5.86. The fraction of sp³-hybridized carbons (Fsp3) is 0.385. The Labute approximate surface area is 102 Å². The van der Waals surface area contributed by atoms with Crippen molar-refractivity contribution >= 4 is 0 Å². The van der Waals surface area contributed by atoms with Crippen LogP contribution in [-0.2, 0) is 7.05 Å². The van der Waals surface area contributed by atoms with E-state index in [1.54, 1.807) is 0 Å². The summed E-state index contributed by atoms with van der Waals surface area (Å²) in [6.07, 6.45) is 3.67. The smallest absolute Gasteiger partial charge is 0.0921 e. The highest BCUT2D eigenvalue weighted by Crippen LogP contribution is 2.19. The third-order valence-corrected chi connectivity index (χ3v) is 2.80. The molecule has 0 bridgehead atoms. The van der Waals surface area contributed by atoms with Gasteiger partial charge >= 0.3 is 0 Å². The molecular weight excluding hydrogens is 212 g/mol. The lowest BCUT2D eigenvalue weighted by Gasteiger charge is -2.18. The van der Waals surface area contributed by atoms with Crippen LogP contribution in [0.2, 0.25) is 0 Å². The van der Waals surface area contributed by atoms with Crippen molar-refractivity contribution in [2.45, 2.75) is 19.9 Å². The molecule has 1 atom stereocenters. The van der Waals surface area contributed by atoms with E-state index in [1.807, 2.05) is 36.3 Å². The average molecular weight is 230 g/mol. The Kier molecular flexibility index (Phi) is 3.54. The van der Waals surface area contributed by atoms with Crippen molar-refractivity contribution in [2.75, 3.05) is 6.54 Å². The van der Waals surface area contributed by atoms with E-state index >= 15 is 0 Å². The van der Waals surface area contributed by atoms with Gasteiger partial charge in [0, 0.05) is 19.4 Å². The number of aromatic nitrogens is 3. The molecule has 0 spiro atoms. The van der Waals surface area contributed by atoms with Crippen LogP contribution in [0.1, 0.15) is 29.9 Å². The van der Waals surface area contributed by atoms with Gasteiger partial charge in [0.25, 0.3) is 0 Å². The zero-order valence-corrected chi connectivity index (χ0v) is 10.5. The van der Waals surface area contributed by atoms with Crippen LogP contribution in [0.3, 0.4) is 0 Å². The van der Waals surface area contributed by atoms with Crippen molar-refractivity contribution in [3.8, 4) is 0 Å². The minimum absolute atomic E-state index is 0.104. The minimum Gasteiger partial charge on any atom is -0.304 e. The molecule has 4 heteroatoms. The van der Waals surface area contributed by atoms with E-state index in [2.05, 4.69) is 35.3 Å². The zero-order chi connectivity index (χ0) is 12.3. The molecule has 2 aromatic rings. The van der Waals surface area contributed by atoms with Gasteiger partial charge in [0.15, 0.2) is 0 Å². The van der Waals surface area contributed by atoms with E-state index in [9.17, 15) is 0 Å². The Morgan fingerprint density at radius 1 is 1.35 bits per heavy atom. The van der Waals surface area contributed by atoms with Gasteiger partial charge in [-0.05, 0) is 37.2 Å². The monoisotopic (exact) mass is 230 g/mol. The van der Waals surface area contributed by atoms with Crippen LogP contribution in [0.15, 0.2) is 30.6 Å². The van der Waals surface area contributed by atoms with Gasteiger partial charge in [-0.2, -0.15) is 5.10 Å². The highest BCUT2D eigenvalue weighted by Gasteiger charge is 2.17. The number of nitrogens with zero attached hydrogens (tertiary/aromatic N) is 3. The van der Waals surface area contributed by atoms with E-state index in [0.717, 1.165) is 17.9 Å². The van der Waals surface area contributed by atoms with Crippen LogP contribution < -0.4 is 5.32 Å². The third-order valence-electron chi connectivity index (χ3n) is 2.80. The van der Waals surface area contributed by atoms with Crippen molar-refractivity contribution in [1.29, 1.82) is 0 Å². The molecule has 4 nitrogen and oxygen atoms in total. The lowest BCUT2D eigenvalue weighted by atomic mass is 10.1. The number of nitrogens with one attached hydrogen (secondary N) is 1. The first-order chi connectivity index (χ1) is 8.22. The molecule has 0 aromatic carbocycles. The Morgan fingerprint density at radius 3 is 2.76 bits per heavy atom. The molecule has 90 valence electrons. The van der Waals surface area contributed by atoms with Gasteiger partial charge < -0.3 is 5.32 Å². The van der Waals surface area contributed by atoms with Crippen LogP contribution in [-0.4, -0.2) is 21.3 Å². The molecule has 1 unspecified atom stereocenters. The second-order valence-corrected chi connectivity index (χ2v) is 4.13. The summed E-state index contributed by atoms with van der Waals surface area (Å²) in [6, 6.07) is 6.25. The number of aryl methyl sites for hydroxylation is 2. The maximum atomic E-state index is 4.45. The Balaban J connectivity index is 2.39. The first kappa shape index (κ1) is 11.8. The molecule has 0 amide bonds. The minimum atomic E-state index is 0.104. The van der Waals surface area contributed by atoms with Crippen LogP contribution >= 0.6 is 0 Å². The van der Waals surface area contributed by atoms with Gasteiger partial charge in [-0.3, -0.25) is 9.67 Å². The number of rotatable bonds is 4. The fourth-order valence-corrected chi connectivity index (χ4v) is 1.95.